The van der Waals surface area contributed by atoms with Crippen molar-refractivity contribution in [3.63, 3.8) is 0 Å². The minimum atomic E-state index is -6.09. The number of hydrogen-bond donors (Lipinski definition) is 0. The van der Waals surface area contributed by atoms with E-state index < -0.39 is 31.3 Å². The summed E-state index contributed by atoms with van der Waals surface area (Å²) in [7, 11) is -12.2. The molecule has 0 unspecified atom stereocenters. The molecular weight excluding hydrogens is 461 g/mol. The van der Waals surface area contributed by atoms with E-state index in [1.54, 1.807) is 0 Å². The average molecular weight is 469 g/mol. The van der Waals surface area contributed by atoms with Crippen LogP contribution >= 0.6 is 0 Å². The zero-order chi connectivity index (χ0) is 17.5. The molecule has 0 amide bonds. The molecule has 0 bridgehead atoms. The molecular formula is C8H8F6O6S2Zr. The van der Waals surface area contributed by atoms with Crippen LogP contribution in [-0.4, -0.2) is 37.0 Å². The largest absolute Gasteiger partial charge is 4.00 e. The molecule has 23 heavy (non-hydrogen) atoms. The van der Waals surface area contributed by atoms with Gasteiger partial charge in [-0.05, 0) is 0 Å². The molecule has 1 aliphatic carbocycles. The molecule has 134 valence electrons. The monoisotopic (exact) mass is 468 g/mol. The Morgan fingerprint density at radius 1 is 0.870 bits per heavy atom. The van der Waals surface area contributed by atoms with E-state index in [-0.39, 0.29) is 33.6 Å². The van der Waals surface area contributed by atoms with Crippen molar-refractivity contribution in [3.05, 3.63) is 31.7 Å². The van der Waals surface area contributed by atoms with Crippen LogP contribution in [0.5, 0.6) is 0 Å². The second-order valence-electron chi connectivity index (χ2n) is 2.80. The Labute approximate surface area is 147 Å². The quantitative estimate of drug-likeness (QED) is 0.232. The molecule has 0 spiro atoms. The maximum Gasteiger partial charge on any atom is 4.00 e. The van der Waals surface area contributed by atoms with Crippen molar-refractivity contribution in [3.8, 4) is 0 Å². The van der Waals surface area contributed by atoms with E-state index in [4.69, 9.17) is 25.9 Å². The summed E-state index contributed by atoms with van der Waals surface area (Å²) in [6.45, 7) is 0. The summed E-state index contributed by atoms with van der Waals surface area (Å²) < 4.78 is 118. The molecule has 0 aromatic heterocycles. The first-order valence-electron chi connectivity index (χ1n) is 4.26. The third-order valence-corrected chi connectivity index (χ3v) is 2.29. The zero-order valence-corrected chi connectivity index (χ0v) is 15.1. The van der Waals surface area contributed by atoms with Gasteiger partial charge in [-0.15, -0.1) is 6.42 Å². The van der Waals surface area contributed by atoms with E-state index in [2.05, 4.69) is 12.2 Å². The fourth-order valence-electron chi connectivity index (χ4n) is 0.340. The van der Waals surface area contributed by atoms with Gasteiger partial charge in [0, 0.05) is 0 Å². The first kappa shape index (κ1) is 30.6. The summed E-state index contributed by atoms with van der Waals surface area (Å²) in [5, 5.41) is 0. The third kappa shape index (κ3) is 16.4. The van der Waals surface area contributed by atoms with Gasteiger partial charge in [-0.3, -0.25) is 6.08 Å². The molecule has 0 heterocycles. The Balaban J connectivity index is -0.000000115. The first-order valence-corrected chi connectivity index (χ1v) is 7.08. The molecule has 1 rings (SSSR count). The summed E-state index contributed by atoms with van der Waals surface area (Å²) in [6, 6.07) is 0. The van der Waals surface area contributed by atoms with Crippen LogP contribution in [0.1, 0.15) is 6.42 Å². The van der Waals surface area contributed by atoms with Crippen LogP contribution in [0.3, 0.4) is 0 Å². The van der Waals surface area contributed by atoms with E-state index in [9.17, 15) is 26.3 Å². The summed E-state index contributed by atoms with van der Waals surface area (Å²) in [5.74, 6) is 0. The maximum atomic E-state index is 10.7. The normalized spacial score (nSPS) is 13.6. The van der Waals surface area contributed by atoms with Gasteiger partial charge in [-0.1, -0.05) is 0 Å². The predicted octanol–water partition coefficient (Wildman–Crippen LogP) is 1.86. The smallest absolute Gasteiger partial charge is 0.741 e. The number of alkyl halides is 6. The van der Waals surface area contributed by atoms with Crippen molar-refractivity contribution in [1.29, 1.82) is 0 Å². The maximum absolute atomic E-state index is 10.7. The molecule has 0 aromatic rings. The zero-order valence-electron chi connectivity index (χ0n) is 11.0. The molecule has 1 aliphatic rings. The summed E-state index contributed by atoms with van der Waals surface area (Å²) in [5.41, 5.74) is -11.3. The van der Waals surface area contributed by atoms with Gasteiger partial charge in [0.1, 0.15) is 0 Å². The van der Waals surface area contributed by atoms with Gasteiger partial charge in [0.15, 0.2) is 20.2 Å². The molecule has 6 nitrogen and oxygen atoms in total. The van der Waals surface area contributed by atoms with Crippen LogP contribution in [0.15, 0.2) is 18.2 Å². The van der Waals surface area contributed by atoms with Crippen molar-refractivity contribution in [2.45, 2.75) is 17.4 Å². The van der Waals surface area contributed by atoms with Gasteiger partial charge in [-0.2, -0.15) is 32.4 Å². The molecule has 0 atom stereocenters. The molecule has 0 aromatic carbocycles. The molecule has 0 radical (unpaired) electrons. The summed E-state index contributed by atoms with van der Waals surface area (Å²) in [4.78, 5) is 0. The van der Waals surface area contributed by atoms with Gasteiger partial charge >= 0.3 is 37.2 Å². The van der Waals surface area contributed by atoms with Crippen molar-refractivity contribution < 1.29 is 78.5 Å². The topological polar surface area (TPSA) is 114 Å². The van der Waals surface area contributed by atoms with E-state index >= 15 is 0 Å². The number of hydrogen-bond acceptors (Lipinski definition) is 6. The minimum absolute atomic E-state index is 0. The Morgan fingerprint density at radius 3 is 1.17 bits per heavy atom. The second-order valence-corrected chi connectivity index (χ2v) is 5.55. The Hall–Kier alpha value is -0.237. The first-order chi connectivity index (χ1) is 9.00. The van der Waals surface area contributed by atoms with Crippen molar-refractivity contribution in [2.24, 2.45) is 0 Å². The predicted molar refractivity (Wildman–Crippen MR) is 59.5 cm³/mol. The Bertz CT molecular complexity index is 523. The van der Waals surface area contributed by atoms with E-state index in [1.165, 1.54) is 0 Å². The summed E-state index contributed by atoms with van der Waals surface area (Å²) >= 11 is 0. The molecule has 0 saturated carbocycles. The number of allylic oxidation sites excluding steroid dienone is 4. The molecule has 15 heteroatoms. The van der Waals surface area contributed by atoms with Gasteiger partial charge < -0.3 is 16.5 Å². The third-order valence-electron chi connectivity index (χ3n) is 1.15. The minimum Gasteiger partial charge on any atom is -0.741 e. The molecule has 0 N–H and O–H groups in total. The fourth-order valence-corrected chi connectivity index (χ4v) is 0.340. The number of halogens is 6. The molecule has 0 fully saturated rings. The van der Waals surface area contributed by atoms with Gasteiger partial charge in [0.05, 0.1) is 0 Å². The van der Waals surface area contributed by atoms with Crippen LogP contribution in [0.25, 0.3) is 0 Å². The van der Waals surface area contributed by atoms with E-state index in [0.717, 1.165) is 6.42 Å². The van der Waals surface area contributed by atoms with Crippen molar-refractivity contribution in [1.82, 2.24) is 0 Å². The van der Waals surface area contributed by atoms with Crippen molar-refractivity contribution >= 4 is 20.2 Å². The number of rotatable bonds is 0. The van der Waals surface area contributed by atoms with Crippen molar-refractivity contribution in [2.75, 3.05) is 0 Å². The summed E-state index contributed by atoms with van der Waals surface area (Å²) in [6.07, 6.45) is 10.0. The van der Waals surface area contributed by atoms with Crippen LogP contribution in [0, 0.1) is 13.5 Å². The van der Waals surface area contributed by atoms with Gasteiger partial charge in [0.2, 0.25) is 0 Å². The standard InChI is InChI=1S/C5H5.2CHF3O3S.CH3.Zr/c1-2-4-5-3-1;2*2-1(3,4)8(5,6)7;;/h1-3H,4H2;2*(H,5,6,7);1H3;/q-1;;;-1;+4/p-2. The Kier molecular flexibility index (Phi) is 15.1. The fraction of sp³-hybridized carbons (Fsp3) is 0.375. The van der Waals surface area contributed by atoms with E-state index in [1.807, 2.05) is 12.2 Å². The second kappa shape index (κ2) is 11.3. The average Bonchev–Trinajstić information content (AvgIpc) is 2.68. The van der Waals surface area contributed by atoms with Crippen LogP contribution in [0.4, 0.5) is 26.3 Å². The van der Waals surface area contributed by atoms with E-state index in [0.29, 0.717) is 0 Å². The molecule has 0 saturated heterocycles. The Morgan fingerprint density at radius 2 is 1.13 bits per heavy atom. The van der Waals surface area contributed by atoms with Crippen LogP contribution < -0.4 is 0 Å². The van der Waals surface area contributed by atoms with Crippen LogP contribution in [0.2, 0.25) is 0 Å². The van der Waals surface area contributed by atoms with Gasteiger partial charge in [0.25, 0.3) is 0 Å². The van der Waals surface area contributed by atoms with Gasteiger partial charge in [-0.25, -0.2) is 29.0 Å². The SMILES string of the molecule is O=S(=O)([O-])C(F)(F)F.O=S(=O)([O-])C(F)(F)F.[C-]1=CC=CC1.[CH3-].[Zr+4]. The van der Waals surface area contributed by atoms with Crippen LogP contribution in [-0.2, 0) is 46.4 Å². The molecule has 0 aliphatic heterocycles.